The topological polar surface area (TPSA) is 181 Å². The van der Waals surface area contributed by atoms with Gasteiger partial charge in [-0.05, 0) is 129 Å². The number of carbonyl (C=O) groups excluding carboxylic acids is 3. The van der Waals surface area contributed by atoms with Crippen molar-refractivity contribution in [2.45, 2.75) is 139 Å². The van der Waals surface area contributed by atoms with Gasteiger partial charge in [-0.2, -0.15) is 0 Å². The van der Waals surface area contributed by atoms with Gasteiger partial charge < -0.3 is 43.6 Å². The number of aliphatic hydroxyl groups excluding tert-OH is 3. The third-order valence-corrected chi connectivity index (χ3v) is 21.9. The summed E-state index contributed by atoms with van der Waals surface area (Å²) in [4.78, 5) is 47.2. The summed E-state index contributed by atoms with van der Waals surface area (Å²) >= 11 is 0. The maximum Gasteiger partial charge on any atom is 0.339 e. The van der Waals surface area contributed by atoms with Crippen LogP contribution in [0.5, 0.6) is 0 Å². The van der Waals surface area contributed by atoms with E-state index in [9.17, 15) is 24.9 Å². The SMILES string of the molecule is C[C@]12[C@H](O)C(=O)[C@H]3[C@]45COC(=O)[C@H]6[C@@]7(CCC[C@H]7CC7=CC[C@]3(C)O[C@@]764)C[C@H](C[C@@]3(C)[C@H](c4ccoc4C[C@@H]([C@H]4CC[C@H]6[C@H](C=CN7CNC[C@@H]67)C4)[C@H](O)CO)OC(=O)[C@H]4O[C@@]413)[C@@H]25. The monoisotopic (exact) mass is 866 g/mol. The molecule has 5 bridgehead atoms. The number of Topliss-reactive ketones (excluding diaryl/α,β-unsaturated/α-hetero) is 1. The number of ether oxygens (including phenoxy) is 4. The van der Waals surface area contributed by atoms with Crippen molar-refractivity contribution in [1.82, 2.24) is 10.2 Å². The van der Waals surface area contributed by atoms with Crippen LogP contribution in [0.3, 0.4) is 0 Å². The van der Waals surface area contributed by atoms with Crippen molar-refractivity contribution in [3.05, 3.63) is 47.6 Å². The van der Waals surface area contributed by atoms with Gasteiger partial charge in [0.05, 0.1) is 48.5 Å². The molecule has 13 nitrogen and oxygen atoms in total. The average molecular weight is 867 g/mol. The molecule has 0 amide bonds. The number of cyclic esters (lactones) is 2. The van der Waals surface area contributed by atoms with E-state index in [1.54, 1.807) is 6.26 Å². The Hall–Kier alpha value is -3.07. The van der Waals surface area contributed by atoms with Gasteiger partial charge in [-0.3, -0.25) is 14.9 Å². The van der Waals surface area contributed by atoms with Crippen molar-refractivity contribution >= 4 is 17.7 Å². The third kappa shape index (κ3) is 4.10. The van der Waals surface area contributed by atoms with Gasteiger partial charge in [-0.15, -0.1) is 0 Å². The standard InChI is InChI=1S/C50H62N2O11/c1-44-18-26-19-47-11-4-5-27(47)16-28-8-12-45(2)37-35(55)39(56)46(3,36(26)48(37)22-60-42(57)38(47)49(28,48)63-45)50(44)41(62-50)43(58)61-40(44)30-10-14-59-34(30)17-31(33(54)21-53)24-6-7-29-25(15-24)9-13-52-23-51-20-32(29)52/h8-10,13-14,24-27,29,31-33,36-41,51,53-54,56H,4-7,11-12,15-23H2,1-3H3/t24-,25+,26-,27-,29-,31-,32-,33+,36-,37+,38-,39+,40-,41+,44-,45-,46-,47-,48+,49-,50+/m0/s1. The van der Waals surface area contributed by atoms with Gasteiger partial charge in [0.1, 0.15) is 35.8 Å². The van der Waals surface area contributed by atoms with Crippen LogP contribution >= 0.6 is 0 Å². The summed E-state index contributed by atoms with van der Waals surface area (Å²) in [5, 5.41) is 38.7. The number of nitrogens with one attached hydrogen (secondary N) is 1. The Morgan fingerprint density at radius 2 is 1.90 bits per heavy atom. The van der Waals surface area contributed by atoms with Crippen LogP contribution in [-0.2, 0) is 39.8 Å². The van der Waals surface area contributed by atoms with Crippen molar-refractivity contribution in [2.75, 3.05) is 26.4 Å². The van der Waals surface area contributed by atoms with Crippen LogP contribution in [0, 0.1) is 74.9 Å². The Morgan fingerprint density at radius 3 is 2.75 bits per heavy atom. The lowest BCUT2D eigenvalue weighted by atomic mass is 9.33. The number of aliphatic hydroxyl groups is 3. The number of hydrogen-bond donors (Lipinski definition) is 4. The summed E-state index contributed by atoms with van der Waals surface area (Å²) in [6.45, 7) is 7.70. The van der Waals surface area contributed by atoms with Gasteiger partial charge in [0.25, 0.3) is 0 Å². The lowest BCUT2D eigenvalue weighted by Gasteiger charge is -2.70. The summed E-state index contributed by atoms with van der Waals surface area (Å²) < 4.78 is 34.0. The van der Waals surface area contributed by atoms with Gasteiger partial charge in [0.2, 0.25) is 0 Å². The second-order valence-corrected chi connectivity index (χ2v) is 23.7. The average Bonchev–Trinajstić information content (AvgIpc) is 3.55. The highest BCUT2D eigenvalue weighted by Crippen LogP contribution is 2.88. The second kappa shape index (κ2) is 12.1. The Bertz CT molecular complexity index is 2310. The molecule has 11 fully saturated rings. The molecule has 8 heterocycles. The maximum atomic E-state index is 15.6. The first kappa shape index (κ1) is 39.1. The molecule has 14 rings (SSSR count). The van der Waals surface area contributed by atoms with Crippen molar-refractivity contribution in [2.24, 2.45) is 74.9 Å². The number of nitrogens with zero attached hydrogens (tertiary/aromatic N) is 1. The van der Waals surface area contributed by atoms with Crippen LogP contribution in [0.1, 0.15) is 102 Å². The van der Waals surface area contributed by atoms with E-state index in [1.165, 1.54) is 0 Å². The van der Waals surface area contributed by atoms with Crippen LogP contribution in [-0.4, -0.2) is 106 Å². The zero-order chi connectivity index (χ0) is 43.0. The van der Waals surface area contributed by atoms with E-state index in [0.717, 1.165) is 70.2 Å². The largest absolute Gasteiger partial charge is 0.469 e. The predicted octanol–water partition coefficient (Wildman–Crippen LogP) is 4.14. The molecular weight excluding hydrogens is 805 g/mol. The van der Waals surface area contributed by atoms with Crippen LogP contribution in [0.4, 0.5) is 0 Å². The van der Waals surface area contributed by atoms with Crippen LogP contribution in [0.25, 0.3) is 0 Å². The smallest absolute Gasteiger partial charge is 0.339 e. The van der Waals surface area contributed by atoms with Crippen LogP contribution in [0.15, 0.2) is 40.7 Å². The number of ketones is 1. The number of furan rings is 1. The minimum Gasteiger partial charge on any atom is -0.469 e. The summed E-state index contributed by atoms with van der Waals surface area (Å²) in [5.74, 6) is -1.12. The highest BCUT2D eigenvalue weighted by atomic mass is 16.7. The number of carbonyl (C=O) groups is 3. The molecule has 6 saturated carbocycles. The molecule has 7 aliphatic heterocycles. The van der Waals surface area contributed by atoms with Gasteiger partial charge in [-0.1, -0.05) is 32.4 Å². The fraction of sp³-hybridized carbons (Fsp3) is 0.780. The van der Waals surface area contributed by atoms with Gasteiger partial charge >= 0.3 is 11.9 Å². The molecule has 63 heavy (non-hydrogen) atoms. The molecule has 1 aromatic rings. The second-order valence-electron chi connectivity index (χ2n) is 23.7. The Kier molecular flexibility index (Phi) is 7.51. The first-order valence-corrected chi connectivity index (χ1v) is 24.4. The fourth-order valence-electron chi connectivity index (χ4n) is 20.1. The molecule has 0 unspecified atom stereocenters. The summed E-state index contributed by atoms with van der Waals surface area (Å²) in [6.07, 6.45) is 13.0. The van der Waals surface area contributed by atoms with Crippen molar-refractivity contribution in [3.8, 4) is 0 Å². The third-order valence-electron chi connectivity index (χ3n) is 21.9. The summed E-state index contributed by atoms with van der Waals surface area (Å²) in [5.41, 5.74) is -4.97. The molecule has 13 heteroatoms. The van der Waals surface area contributed by atoms with E-state index >= 15 is 4.79 Å². The van der Waals surface area contributed by atoms with E-state index < -0.39 is 80.7 Å². The molecule has 4 spiro atoms. The van der Waals surface area contributed by atoms with Gasteiger partial charge in [-0.25, -0.2) is 4.79 Å². The zero-order valence-electron chi connectivity index (χ0n) is 36.6. The summed E-state index contributed by atoms with van der Waals surface area (Å²) in [6, 6.07) is 2.37. The molecule has 6 aliphatic carbocycles. The van der Waals surface area contributed by atoms with E-state index in [0.29, 0.717) is 48.5 Å². The highest BCUT2D eigenvalue weighted by Gasteiger charge is 2.96. The van der Waals surface area contributed by atoms with Crippen molar-refractivity contribution in [3.63, 3.8) is 0 Å². The van der Waals surface area contributed by atoms with E-state index in [4.69, 9.17) is 23.4 Å². The van der Waals surface area contributed by atoms with Crippen molar-refractivity contribution < 1.29 is 53.1 Å². The van der Waals surface area contributed by atoms with E-state index in [-0.39, 0.29) is 54.6 Å². The predicted molar refractivity (Wildman–Crippen MR) is 221 cm³/mol. The molecular formula is C50H62N2O11. The number of epoxide rings is 1. The van der Waals surface area contributed by atoms with Crippen molar-refractivity contribution in [1.29, 1.82) is 0 Å². The number of allylic oxidation sites excluding steroid dienone is 1. The molecule has 1 aromatic heterocycles. The Morgan fingerprint density at radius 1 is 1.05 bits per heavy atom. The van der Waals surface area contributed by atoms with E-state index in [1.807, 2.05) is 19.9 Å². The minimum absolute atomic E-state index is 0.0377. The molecule has 21 atom stereocenters. The van der Waals surface area contributed by atoms with Crippen LogP contribution in [0.2, 0.25) is 0 Å². The lowest BCUT2D eigenvalue weighted by molar-refractivity contribution is -0.280. The number of rotatable bonds is 6. The first-order chi connectivity index (χ1) is 30.2. The molecule has 4 N–H and O–H groups in total. The minimum atomic E-state index is -1.47. The number of hydrogen-bond acceptors (Lipinski definition) is 13. The lowest BCUT2D eigenvalue weighted by Crippen LogP contribution is -2.80. The van der Waals surface area contributed by atoms with Gasteiger partial charge in [0, 0.05) is 35.4 Å². The quantitative estimate of drug-likeness (QED) is 0.182. The molecule has 338 valence electrons. The van der Waals surface area contributed by atoms with Crippen LogP contribution < -0.4 is 5.32 Å². The molecule has 0 aromatic carbocycles. The highest BCUT2D eigenvalue weighted by molar-refractivity contribution is 5.93. The van der Waals surface area contributed by atoms with Gasteiger partial charge in [0.15, 0.2) is 11.9 Å². The number of esters is 2. The maximum absolute atomic E-state index is 15.6. The molecule has 5 saturated heterocycles. The zero-order valence-corrected chi connectivity index (χ0v) is 36.6. The first-order valence-electron chi connectivity index (χ1n) is 24.4. The summed E-state index contributed by atoms with van der Waals surface area (Å²) in [7, 11) is 0. The normalized spacial score (nSPS) is 55.6. The Balaban J connectivity index is 0.894. The Labute approximate surface area is 367 Å². The molecule has 13 aliphatic rings. The molecule has 0 radical (unpaired) electrons. The van der Waals surface area contributed by atoms with E-state index in [2.05, 4.69) is 35.5 Å². The number of fused-ring (bicyclic) bond motifs is 5. The fourth-order valence-corrected chi connectivity index (χ4v) is 20.1.